The minimum Gasteiger partial charge on any atom is -0.396 e. The summed E-state index contributed by atoms with van der Waals surface area (Å²) in [5.41, 5.74) is 0. The molecule has 0 fully saturated rings. The van der Waals surface area contributed by atoms with Gasteiger partial charge in [-0.25, -0.2) is 0 Å². The summed E-state index contributed by atoms with van der Waals surface area (Å²) in [6, 6.07) is 0. The molecular weight excluding hydrogens is 141 g/mol. The molecule has 0 aliphatic heterocycles. The van der Waals surface area contributed by atoms with E-state index in [1.807, 2.05) is 6.92 Å². The van der Waals surface area contributed by atoms with E-state index in [0.29, 0.717) is 6.61 Å². The predicted molar refractivity (Wildman–Crippen MR) is 51.5 cm³/mol. The van der Waals surface area contributed by atoms with Crippen molar-refractivity contribution >= 4 is 17.4 Å². The van der Waals surface area contributed by atoms with Crippen LogP contribution in [-0.2, 0) is 0 Å². The van der Waals surface area contributed by atoms with Crippen molar-refractivity contribution in [2.75, 3.05) is 19.7 Å². The first kappa shape index (κ1) is 16.8. The SMILES string of the molecule is CCCO.CCNCC.[AlH3]. The molecule has 0 heterocycles. The average Bonchev–Trinajstić information content (AvgIpc) is 1.91. The number of hydrogen-bond acceptors (Lipinski definition) is 2. The van der Waals surface area contributed by atoms with Gasteiger partial charge in [-0.1, -0.05) is 20.8 Å². The number of aliphatic hydroxyl groups excluding tert-OH is 1. The Balaban J connectivity index is -0.0000000910. The molecular formula is C7H22AlNO. The molecule has 0 aromatic carbocycles. The minimum absolute atomic E-state index is 0. The summed E-state index contributed by atoms with van der Waals surface area (Å²) in [6.07, 6.45) is 0.875. The molecule has 2 N–H and O–H groups in total. The summed E-state index contributed by atoms with van der Waals surface area (Å²) in [5, 5.41) is 11.0. The fraction of sp³-hybridized carbons (Fsp3) is 1.00. The van der Waals surface area contributed by atoms with E-state index in [1.54, 1.807) is 0 Å². The normalized spacial score (nSPS) is 7.20. The van der Waals surface area contributed by atoms with Gasteiger partial charge in [0.2, 0.25) is 0 Å². The highest BCUT2D eigenvalue weighted by Gasteiger charge is 1.62. The van der Waals surface area contributed by atoms with Crippen LogP contribution >= 0.6 is 0 Å². The van der Waals surface area contributed by atoms with E-state index in [4.69, 9.17) is 5.11 Å². The molecule has 0 unspecified atom stereocenters. The first-order chi connectivity index (χ1) is 4.33. The van der Waals surface area contributed by atoms with Crippen LogP contribution in [-0.4, -0.2) is 42.2 Å². The van der Waals surface area contributed by atoms with Crippen LogP contribution < -0.4 is 5.32 Å². The maximum Gasteiger partial charge on any atom is 0.187 e. The highest BCUT2D eigenvalue weighted by atomic mass is 27.0. The molecule has 64 valence electrons. The monoisotopic (exact) mass is 163 g/mol. The van der Waals surface area contributed by atoms with E-state index >= 15 is 0 Å². The smallest absolute Gasteiger partial charge is 0.187 e. The van der Waals surface area contributed by atoms with Gasteiger partial charge in [0.1, 0.15) is 0 Å². The van der Waals surface area contributed by atoms with Gasteiger partial charge in [0, 0.05) is 6.61 Å². The van der Waals surface area contributed by atoms with Crippen LogP contribution in [0.1, 0.15) is 27.2 Å². The summed E-state index contributed by atoms with van der Waals surface area (Å²) >= 11 is 0. The van der Waals surface area contributed by atoms with Crippen LogP contribution in [0.15, 0.2) is 0 Å². The van der Waals surface area contributed by atoms with E-state index < -0.39 is 0 Å². The van der Waals surface area contributed by atoms with Crippen molar-refractivity contribution in [3.05, 3.63) is 0 Å². The molecule has 0 spiro atoms. The average molecular weight is 163 g/mol. The van der Waals surface area contributed by atoms with E-state index in [9.17, 15) is 0 Å². The zero-order valence-corrected chi connectivity index (χ0v) is 6.78. The van der Waals surface area contributed by atoms with Crippen molar-refractivity contribution in [2.45, 2.75) is 27.2 Å². The van der Waals surface area contributed by atoms with Crippen molar-refractivity contribution in [1.82, 2.24) is 5.32 Å². The van der Waals surface area contributed by atoms with Crippen LogP contribution in [0.3, 0.4) is 0 Å². The van der Waals surface area contributed by atoms with Crippen molar-refractivity contribution in [2.24, 2.45) is 0 Å². The molecule has 0 aromatic heterocycles. The van der Waals surface area contributed by atoms with Crippen LogP contribution in [0.5, 0.6) is 0 Å². The van der Waals surface area contributed by atoms with Crippen molar-refractivity contribution in [3.8, 4) is 0 Å². The Morgan fingerprint density at radius 3 is 1.40 bits per heavy atom. The van der Waals surface area contributed by atoms with Crippen LogP contribution in [0.25, 0.3) is 0 Å². The maximum absolute atomic E-state index is 7.88. The minimum atomic E-state index is 0. The van der Waals surface area contributed by atoms with Gasteiger partial charge in [0.25, 0.3) is 0 Å². The topological polar surface area (TPSA) is 32.3 Å². The molecule has 0 radical (unpaired) electrons. The summed E-state index contributed by atoms with van der Waals surface area (Å²) in [4.78, 5) is 0. The Kier molecular flexibility index (Phi) is 38.2. The largest absolute Gasteiger partial charge is 0.396 e. The first-order valence-electron chi connectivity index (χ1n) is 3.64. The third kappa shape index (κ3) is 39.4. The highest BCUT2D eigenvalue weighted by molar-refractivity contribution is 5.75. The Morgan fingerprint density at radius 2 is 1.40 bits per heavy atom. The Bertz CT molecular complexity index is 32.8. The lowest BCUT2D eigenvalue weighted by atomic mass is 10.5. The predicted octanol–water partition coefficient (Wildman–Crippen LogP) is -0.179. The van der Waals surface area contributed by atoms with E-state index in [0.717, 1.165) is 19.5 Å². The van der Waals surface area contributed by atoms with Gasteiger partial charge >= 0.3 is 0 Å². The quantitative estimate of drug-likeness (QED) is 0.566. The van der Waals surface area contributed by atoms with Crippen LogP contribution in [0.4, 0.5) is 0 Å². The van der Waals surface area contributed by atoms with E-state index in [1.165, 1.54) is 0 Å². The second-order valence-electron chi connectivity index (χ2n) is 1.68. The van der Waals surface area contributed by atoms with Gasteiger partial charge in [-0.2, -0.15) is 0 Å². The molecule has 2 nitrogen and oxygen atoms in total. The Hall–Kier alpha value is 0.452. The van der Waals surface area contributed by atoms with E-state index in [2.05, 4.69) is 19.2 Å². The molecule has 0 saturated carbocycles. The summed E-state index contributed by atoms with van der Waals surface area (Å²) in [7, 11) is 0. The van der Waals surface area contributed by atoms with Crippen molar-refractivity contribution in [1.29, 1.82) is 0 Å². The second kappa shape index (κ2) is 22.7. The van der Waals surface area contributed by atoms with Crippen LogP contribution in [0, 0.1) is 0 Å². The Labute approximate surface area is 75.2 Å². The molecule has 0 bridgehead atoms. The molecule has 0 rings (SSSR count). The van der Waals surface area contributed by atoms with Crippen molar-refractivity contribution in [3.63, 3.8) is 0 Å². The lowest BCUT2D eigenvalue weighted by molar-refractivity contribution is 0.295. The molecule has 0 aromatic rings. The number of rotatable bonds is 3. The zero-order chi connectivity index (χ0) is 7.54. The molecule has 3 heteroatoms. The van der Waals surface area contributed by atoms with Gasteiger partial charge in [0.15, 0.2) is 17.4 Å². The third-order valence-corrected chi connectivity index (χ3v) is 0.724. The van der Waals surface area contributed by atoms with Gasteiger partial charge in [-0.05, 0) is 19.5 Å². The zero-order valence-electron chi connectivity index (χ0n) is 6.78. The lowest BCUT2D eigenvalue weighted by Gasteiger charge is -1.86. The highest BCUT2D eigenvalue weighted by Crippen LogP contribution is 1.61. The molecule has 0 aliphatic carbocycles. The van der Waals surface area contributed by atoms with Gasteiger partial charge < -0.3 is 10.4 Å². The second-order valence-corrected chi connectivity index (χ2v) is 1.68. The summed E-state index contributed by atoms with van der Waals surface area (Å²) in [5.74, 6) is 0. The van der Waals surface area contributed by atoms with Crippen molar-refractivity contribution < 1.29 is 5.11 Å². The molecule has 0 aliphatic rings. The summed E-state index contributed by atoms with van der Waals surface area (Å²) in [6.45, 7) is 8.64. The van der Waals surface area contributed by atoms with Crippen LogP contribution in [0.2, 0.25) is 0 Å². The fourth-order valence-electron chi connectivity index (χ4n) is 0.250. The van der Waals surface area contributed by atoms with Gasteiger partial charge in [0.05, 0.1) is 0 Å². The standard InChI is InChI=1S/C4H11N.C3H8O.Al.3H/c1-3-5-4-2;1-2-3-4;;;;/h5H,3-4H2,1-2H3;4H,2-3H2,1H3;;;;. The number of nitrogens with one attached hydrogen (secondary N) is 1. The van der Waals surface area contributed by atoms with E-state index in [-0.39, 0.29) is 17.4 Å². The maximum atomic E-state index is 7.88. The summed E-state index contributed by atoms with van der Waals surface area (Å²) < 4.78 is 0. The lowest BCUT2D eigenvalue weighted by Crippen LogP contribution is -2.09. The molecule has 10 heavy (non-hydrogen) atoms. The Morgan fingerprint density at radius 1 is 1.10 bits per heavy atom. The molecule has 0 atom stereocenters. The third-order valence-electron chi connectivity index (χ3n) is 0.724. The first-order valence-corrected chi connectivity index (χ1v) is 3.64. The number of aliphatic hydroxyl groups is 1. The molecule has 0 saturated heterocycles. The fourth-order valence-corrected chi connectivity index (χ4v) is 0.250. The molecule has 0 amide bonds. The number of hydrogen-bond donors (Lipinski definition) is 2. The van der Waals surface area contributed by atoms with Gasteiger partial charge in [-0.3, -0.25) is 0 Å². The van der Waals surface area contributed by atoms with Gasteiger partial charge in [-0.15, -0.1) is 0 Å².